The van der Waals surface area contributed by atoms with Crippen molar-refractivity contribution in [2.75, 3.05) is 0 Å². The molecule has 1 aromatic carbocycles. The minimum atomic E-state index is 0.619. The predicted octanol–water partition coefficient (Wildman–Crippen LogP) is 5.28. The van der Waals surface area contributed by atoms with Crippen LogP contribution in [-0.4, -0.2) is 51.6 Å². The molecule has 1 saturated carbocycles. The van der Waals surface area contributed by atoms with Gasteiger partial charge in [0.2, 0.25) is 0 Å². The first kappa shape index (κ1) is 24.3. The Balaban J connectivity index is 1.10. The molecule has 3 aliphatic rings. The lowest BCUT2D eigenvalue weighted by molar-refractivity contribution is 0.148. The highest BCUT2D eigenvalue weighted by atomic mass is 15.5. The molecule has 1 N–H and O–H groups in total. The first-order valence-corrected chi connectivity index (χ1v) is 14.5. The van der Waals surface area contributed by atoms with E-state index in [1.807, 2.05) is 35.8 Å². The van der Waals surface area contributed by atoms with E-state index < -0.39 is 0 Å². The number of piperidine rings is 2. The number of fused-ring (bicyclic) bond motifs is 5. The molecule has 2 saturated heterocycles. The van der Waals surface area contributed by atoms with Gasteiger partial charge in [-0.25, -0.2) is 19.5 Å². The Morgan fingerprint density at radius 2 is 1.73 bits per heavy atom. The summed E-state index contributed by atoms with van der Waals surface area (Å²) < 4.78 is 1.91. The van der Waals surface area contributed by atoms with Gasteiger partial charge in [-0.3, -0.25) is 0 Å². The number of nitrogens with zero attached hydrogens (tertiary/aromatic N) is 8. The lowest BCUT2D eigenvalue weighted by Crippen LogP contribution is -2.53. The summed E-state index contributed by atoms with van der Waals surface area (Å²) in [5.74, 6) is 1.46. The van der Waals surface area contributed by atoms with E-state index in [1.165, 1.54) is 36.0 Å². The Labute approximate surface area is 237 Å². The predicted molar refractivity (Wildman–Crippen MR) is 158 cm³/mol. The van der Waals surface area contributed by atoms with E-state index in [0.29, 0.717) is 17.5 Å². The fourth-order valence-corrected chi connectivity index (χ4v) is 6.71. The van der Waals surface area contributed by atoms with Gasteiger partial charge in [0.1, 0.15) is 0 Å². The van der Waals surface area contributed by atoms with Crippen molar-refractivity contribution in [3.63, 3.8) is 0 Å². The van der Waals surface area contributed by atoms with Crippen LogP contribution in [-0.2, 0) is 6.42 Å². The number of aryl methyl sites for hydroxylation is 2. The molecule has 9 rings (SSSR count). The second-order valence-electron chi connectivity index (χ2n) is 11.5. The van der Waals surface area contributed by atoms with Gasteiger partial charge in [0.25, 0.3) is 0 Å². The highest BCUT2D eigenvalue weighted by Gasteiger charge is 2.34. The molecule has 9 nitrogen and oxygen atoms in total. The highest BCUT2D eigenvalue weighted by Crippen LogP contribution is 2.35. The van der Waals surface area contributed by atoms with Crippen LogP contribution < -0.4 is 5.32 Å². The fraction of sp³-hybridized carbons (Fsp3) is 0.312. The summed E-state index contributed by atoms with van der Waals surface area (Å²) in [6.07, 6.45) is 11.9. The SMILES string of the molecule is Cc1cnn(-c2ccc3c(-c4cnc5cc(-c6ccc(CC7NC8CCC7CC8)cc6)c(C)nn45)ccnc3n2)n1. The quantitative estimate of drug-likeness (QED) is 0.317. The molecule has 1 aliphatic carbocycles. The smallest absolute Gasteiger partial charge is 0.176 e. The fourth-order valence-electron chi connectivity index (χ4n) is 6.71. The second kappa shape index (κ2) is 9.55. The van der Waals surface area contributed by atoms with Crippen molar-refractivity contribution >= 4 is 16.7 Å². The first-order chi connectivity index (χ1) is 20.1. The Morgan fingerprint density at radius 3 is 2.49 bits per heavy atom. The number of imidazole rings is 1. The van der Waals surface area contributed by atoms with E-state index in [4.69, 9.17) is 15.1 Å². The normalized spacial score (nSPS) is 20.3. The Hall–Kier alpha value is -4.50. The number of pyridine rings is 2. The van der Waals surface area contributed by atoms with Gasteiger partial charge < -0.3 is 5.32 Å². The van der Waals surface area contributed by atoms with Crippen LogP contribution in [0, 0.1) is 19.8 Å². The summed E-state index contributed by atoms with van der Waals surface area (Å²) in [6, 6.07) is 18.4. The number of benzene rings is 1. The molecule has 9 heteroatoms. The molecule has 1 atom stereocenters. The number of aromatic nitrogens is 8. The van der Waals surface area contributed by atoms with Crippen molar-refractivity contribution in [2.45, 2.75) is 58.0 Å². The molecule has 5 aromatic heterocycles. The van der Waals surface area contributed by atoms with Crippen LogP contribution in [0.4, 0.5) is 0 Å². The summed E-state index contributed by atoms with van der Waals surface area (Å²) in [7, 11) is 0. The third kappa shape index (κ3) is 4.28. The maximum Gasteiger partial charge on any atom is 0.176 e. The lowest BCUT2D eigenvalue weighted by atomic mass is 9.74. The number of hydrogen-bond acceptors (Lipinski definition) is 7. The van der Waals surface area contributed by atoms with Crippen LogP contribution in [0.15, 0.2) is 67.1 Å². The molecule has 7 heterocycles. The molecular formula is C32H31N9. The third-order valence-corrected chi connectivity index (χ3v) is 8.86. The molecule has 41 heavy (non-hydrogen) atoms. The zero-order valence-corrected chi connectivity index (χ0v) is 23.2. The van der Waals surface area contributed by atoms with Crippen LogP contribution in [0.1, 0.15) is 42.6 Å². The maximum atomic E-state index is 4.98. The van der Waals surface area contributed by atoms with Gasteiger partial charge in [0.15, 0.2) is 17.1 Å². The topological polar surface area (TPSA) is 98.7 Å². The van der Waals surface area contributed by atoms with Gasteiger partial charge in [-0.15, -0.1) is 4.80 Å². The van der Waals surface area contributed by atoms with E-state index in [2.05, 4.69) is 57.8 Å². The van der Waals surface area contributed by atoms with Gasteiger partial charge in [-0.1, -0.05) is 24.3 Å². The molecule has 1 unspecified atom stereocenters. The second-order valence-corrected chi connectivity index (χ2v) is 11.5. The summed E-state index contributed by atoms with van der Waals surface area (Å²) in [5.41, 5.74) is 8.74. The van der Waals surface area contributed by atoms with E-state index in [1.54, 1.807) is 12.4 Å². The summed E-state index contributed by atoms with van der Waals surface area (Å²) in [5, 5.41) is 18.4. The lowest BCUT2D eigenvalue weighted by Gasteiger charge is -2.43. The van der Waals surface area contributed by atoms with Gasteiger partial charge in [0.05, 0.1) is 29.5 Å². The average Bonchev–Trinajstić information content (AvgIpc) is 3.63. The number of nitrogens with one attached hydrogen (secondary N) is 1. The van der Waals surface area contributed by atoms with Crippen molar-refractivity contribution in [3.8, 4) is 28.2 Å². The van der Waals surface area contributed by atoms with Gasteiger partial charge in [0, 0.05) is 34.8 Å². The van der Waals surface area contributed by atoms with E-state index in [-0.39, 0.29) is 0 Å². The Kier molecular flexibility index (Phi) is 5.67. The summed E-state index contributed by atoms with van der Waals surface area (Å²) in [4.78, 5) is 15.5. The molecular weight excluding hydrogens is 510 g/mol. The van der Waals surface area contributed by atoms with Crippen molar-refractivity contribution in [2.24, 2.45) is 5.92 Å². The van der Waals surface area contributed by atoms with Gasteiger partial charge in [-0.2, -0.15) is 15.3 Å². The van der Waals surface area contributed by atoms with E-state index in [9.17, 15) is 0 Å². The minimum absolute atomic E-state index is 0.619. The van der Waals surface area contributed by atoms with Gasteiger partial charge in [-0.05, 0) is 87.3 Å². The molecule has 3 fully saturated rings. The first-order valence-electron chi connectivity index (χ1n) is 14.5. The standard InChI is InChI=1S/C32H31N9/c1-19-17-35-41(38-19)30-12-11-26-25(13-14-33-32(26)37-30)29-18-34-31-16-27(20(2)39-40(29)31)22-5-3-21(4-6-22)15-28-23-7-9-24(36-28)10-8-23/h3-6,11-14,16-18,23-24,28,36H,7-10,15H2,1-2H3. The average molecular weight is 542 g/mol. The largest absolute Gasteiger partial charge is 0.311 e. The van der Waals surface area contributed by atoms with Gasteiger partial charge >= 0.3 is 0 Å². The van der Waals surface area contributed by atoms with Crippen molar-refractivity contribution in [1.29, 1.82) is 0 Å². The van der Waals surface area contributed by atoms with Crippen LogP contribution in [0.2, 0.25) is 0 Å². The summed E-state index contributed by atoms with van der Waals surface area (Å²) in [6.45, 7) is 3.96. The van der Waals surface area contributed by atoms with Crippen molar-refractivity contribution in [3.05, 3.63) is 84.1 Å². The molecule has 204 valence electrons. The van der Waals surface area contributed by atoms with Crippen LogP contribution in [0.25, 0.3) is 44.9 Å². The number of hydrogen-bond donors (Lipinski definition) is 1. The Morgan fingerprint density at radius 1 is 0.878 bits per heavy atom. The minimum Gasteiger partial charge on any atom is -0.311 e. The van der Waals surface area contributed by atoms with E-state index >= 15 is 0 Å². The molecule has 0 spiro atoms. The summed E-state index contributed by atoms with van der Waals surface area (Å²) >= 11 is 0. The molecule has 0 radical (unpaired) electrons. The zero-order chi connectivity index (χ0) is 27.5. The highest BCUT2D eigenvalue weighted by molar-refractivity contribution is 5.92. The van der Waals surface area contributed by atoms with Crippen LogP contribution in [0.5, 0.6) is 0 Å². The van der Waals surface area contributed by atoms with Crippen molar-refractivity contribution < 1.29 is 0 Å². The van der Waals surface area contributed by atoms with Crippen LogP contribution in [0.3, 0.4) is 0 Å². The third-order valence-electron chi connectivity index (χ3n) is 8.86. The monoisotopic (exact) mass is 541 g/mol. The Bertz CT molecular complexity index is 1890. The molecule has 2 aliphatic heterocycles. The maximum absolute atomic E-state index is 4.98. The molecule has 6 aromatic rings. The van der Waals surface area contributed by atoms with Crippen molar-refractivity contribution in [1.82, 2.24) is 44.9 Å². The number of rotatable bonds is 5. The molecule has 0 amide bonds. The molecule has 2 bridgehead atoms. The van der Waals surface area contributed by atoms with E-state index in [0.717, 1.165) is 63.2 Å². The van der Waals surface area contributed by atoms with Crippen LogP contribution >= 0.6 is 0 Å². The zero-order valence-electron chi connectivity index (χ0n) is 23.2.